The van der Waals surface area contributed by atoms with Gasteiger partial charge in [-0.15, -0.1) is 0 Å². The predicted octanol–water partition coefficient (Wildman–Crippen LogP) is 6.63. The van der Waals surface area contributed by atoms with Gasteiger partial charge in [-0.25, -0.2) is 0 Å². The third kappa shape index (κ3) is 6.23. The number of nitriles is 3. The van der Waals surface area contributed by atoms with E-state index in [1.165, 1.54) is 9.13 Å². The molecule has 0 aromatic heterocycles. The number of benzene rings is 3. The summed E-state index contributed by atoms with van der Waals surface area (Å²) < 4.78 is 1.18. The first-order valence-electron chi connectivity index (χ1n) is 11.2. The van der Waals surface area contributed by atoms with E-state index in [9.17, 15) is 15.8 Å². The molecule has 0 aliphatic heterocycles. The van der Waals surface area contributed by atoms with Gasteiger partial charge in [0.2, 0.25) is 0 Å². The van der Waals surface area contributed by atoms with Crippen molar-refractivity contribution in [2.45, 2.75) is 45.2 Å². The van der Waals surface area contributed by atoms with E-state index in [1.54, 1.807) is 6.07 Å². The van der Waals surface area contributed by atoms with Crippen LogP contribution < -0.4 is 5.32 Å². The summed E-state index contributed by atoms with van der Waals surface area (Å²) in [6.07, 6.45) is 0.790. The zero-order valence-electron chi connectivity index (χ0n) is 19.6. The van der Waals surface area contributed by atoms with Gasteiger partial charge in [0.15, 0.2) is 0 Å². The predicted molar refractivity (Wildman–Crippen MR) is 143 cm³/mol. The molecule has 3 aromatic carbocycles. The summed E-state index contributed by atoms with van der Waals surface area (Å²) in [4.78, 5) is 0. The van der Waals surface area contributed by atoms with E-state index in [2.05, 4.69) is 83.4 Å². The van der Waals surface area contributed by atoms with E-state index >= 15 is 0 Å². The summed E-state index contributed by atoms with van der Waals surface area (Å²) in [6.45, 7) is 5.97. The molecule has 1 N–H and O–H groups in total. The first kappa shape index (κ1) is 25.4. The van der Waals surface area contributed by atoms with Gasteiger partial charge in [0.1, 0.15) is 0 Å². The van der Waals surface area contributed by atoms with Gasteiger partial charge in [-0.05, 0) is 103 Å². The van der Waals surface area contributed by atoms with Gasteiger partial charge in [0.05, 0.1) is 40.8 Å². The van der Waals surface area contributed by atoms with Crippen molar-refractivity contribution in [1.82, 2.24) is 5.32 Å². The Morgan fingerprint density at radius 1 is 0.853 bits per heavy atom. The van der Waals surface area contributed by atoms with Crippen molar-refractivity contribution in [3.8, 4) is 18.2 Å². The van der Waals surface area contributed by atoms with E-state index in [1.807, 2.05) is 50.2 Å². The zero-order chi connectivity index (χ0) is 24.7. The molecule has 0 bridgehead atoms. The first-order valence-corrected chi connectivity index (χ1v) is 12.3. The molecule has 0 fully saturated rings. The van der Waals surface area contributed by atoms with Gasteiger partial charge in [0, 0.05) is 15.5 Å². The monoisotopic (exact) mass is 558 g/mol. The smallest absolute Gasteiger partial charge is 0.0991 e. The highest BCUT2D eigenvalue weighted by atomic mass is 127. The van der Waals surface area contributed by atoms with Crippen LogP contribution in [0.2, 0.25) is 0 Å². The molecule has 3 atom stereocenters. The van der Waals surface area contributed by atoms with E-state index in [4.69, 9.17) is 0 Å². The Balaban J connectivity index is 2.01. The third-order valence-corrected chi connectivity index (χ3v) is 6.92. The summed E-state index contributed by atoms with van der Waals surface area (Å²) in [5.41, 5.74) is 3.71. The van der Waals surface area contributed by atoms with Crippen LogP contribution in [0.5, 0.6) is 0 Å². The first-order chi connectivity index (χ1) is 16.3. The van der Waals surface area contributed by atoms with E-state index < -0.39 is 5.41 Å². The molecule has 4 nitrogen and oxygen atoms in total. The fourth-order valence-corrected chi connectivity index (χ4v) is 4.61. The van der Waals surface area contributed by atoms with Gasteiger partial charge in [-0.3, -0.25) is 0 Å². The summed E-state index contributed by atoms with van der Waals surface area (Å²) in [7, 11) is 0. The highest BCUT2D eigenvalue weighted by Gasteiger charge is 2.34. The van der Waals surface area contributed by atoms with Crippen LogP contribution >= 0.6 is 22.6 Å². The minimum absolute atomic E-state index is 0.0170. The summed E-state index contributed by atoms with van der Waals surface area (Å²) in [5.74, 6) is 0.0736. The minimum Gasteiger partial charge on any atom is -0.305 e. The van der Waals surface area contributed by atoms with Gasteiger partial charge >= 0.3 is 0 Å². The molecular weight excluding hydrogens is 531 g/mol. The Bertz CT molecular complexity index is 1260. The second-order valence-corrected chi connectivity index (χ2v) is 10.4. The van der Waals surface area contributed by atoms with Crippen molar-refractivity contribution < 1.29 is 0 Å². The van der Waals surface area contributed by atoms with Crippen LogP contribution in [0.15, 0.2) is 72.8 Å². The maximum atomic E-state index is 9.96. The molecule has 0 aliphatic carbocycles. The summed E-state index contributed by atoms with van der Waals surface area (Å²) in [6, 6.07) is 30.3. The molecule has 0 radical (unpaired) electrons. The molecule has 34 heavy (non-hydrogen) atoms. The highest BCUT2D eigenvalue weighted by molar-refractivity contribution is 14.1. The molecule has 5 heteroatoms. The minimum atomic E-state index is -0.704. The molecule has 0 amide bonds. The van der Waals surface area contributed by atoms with Crippen molar-refractivity contribution in [1.29, 1.82) is 15.8 Å². The second kappa shape index (κ2) is 11.3. The quantitative estimate of drug-likeness (QED) is 0.315. The van der Waals surface area contributed by atoms with Crippen LogP contribution in [0.4, 0.5) is 0 Å². The number of hydrogen-bond acceptors (Lipinski definition) is 4. The van der Waals surface area contributed by atoms with Gasteiger partial charge in [0.25, 0.3) is 0 Å². The van der Waals surface area contributed by atoms with Crippen molar-refractivity contribution in [2.24, 2.45) is 5.41 Å². The Labute approximate surface area is 216 Å². The van der Waals surface area contributed by atoms with Crippen molar-refractivity contribution in [3.05, 3.63) is 104 Å². The molecule has 0 aliphatic rings. The van der Waals surface area contributed by atoms with Gasteiger partial charge < -0.3 is 5.32 Å². The van der Waals surface area contributed by atoms with E-state index in [-0.39, 0.29) is 18.0 Å². The summed E-state index contributed by atoms with van der Waals surface area (Å²) >= 11 is 2.30. The van der Waals surface area contributed by atoms with Crippen LogP contribution in [0.1, 0.15) is 60.5 Å². The normalized spacial score (nSPS) is 13.7. The van der Waals surface area contributed by atoms with Gasteiger partial charge in [-0.1, -0.05) is 36.4 Å². The lowest BCUT2D eigenvalue weighted by molar-refractivity contribution is 0.281. The van der Waals surface area contributed by atoms with Crippen LogP contribution in [0, 0.1) is 43.0 Å². The number of halogens is 1. The van der Waals surface area contributed by atoms with E-state index in [0.717, 1.165) is 17.5 Å². The number of rotatable bonds is 8. The summed E-state index contributed by atoms with van der Waals surface area (Å²) in [5, 5.41) is 32.5. The lowest BCUT2D eigenvalue weighted by atomic mass is 9.79. The molecule has 0 heterocycles. The molecule has 3 aromatic rings. The third-order valence-electron chi connectivity index (χ3n) is 6.20. The highest BCUT2D eigenvalue weighted by Crippen LogP contribution is 2.36. The maximum absolute atomic E-state index is 9.96. The molecule has 3 rings (SSSR count). The molecular formula is C29H27IN4. The zero-order valence-corrected chi connectivity index (χ0v) is 21.7. The van der Waals surface area contributed by atoms with E-state index in [0.29, 0.717) is 11.1 Å². The number of nitrogens with zero attached hydrogens (tertiary/aromatic N) is 3. The molecule has 0 spiro atoms. The van der Waals surface area contributed by atoms with Gasteiger partial charge in [-0.2, -0.15) is 15.8 Å². The van der Waals surface area contributed by atoms with Crippen LogP contribution in [0.25, 0.3) is 0 Å². The van der Waals surface area contributed by atoms with Crippen LogP contribution in [-0.4, -0.2) is 6.04 Å². The van der Waals surface area contributed by atoms with Crippen molar-refractivity contribution in [3.63, 3.8) is 0 Å². The SMILES string of the molecule is C[C@H](NC(c1cccc(C#N)c1)C(C)(C)C#N)[C@@H](Cc1ccc(I)cc1)c1cccc(C#N)c1. The molecule has 0 saturated carbocycles. The lowest BCUT2D eigenvalue weighted by Crippen LogP contribution is -2.42. The molecule has 170 valence electrons. The standard InChI is InChI=1S/C29H27IN4/c1-20(34-28(29(2,3)19-33)25-9-5-7-23(15-25)18-32)27(16-21-10-12-26(30)13-11-21)24-8-4-6-22(14-24)17-31/h4-15,20,27-28,34H,16H2,1-3H3/t20-,27+,28?/m0/s1. The average Bonchev–Trinajstić information content (AvgIpc) is 2.86. The largest absolute Gasteiger partial charge is 0.305 e. The Kier molecular flexibility index (Phi) is 8.46. The number of nitrogens with one attached hydrogen (secondary N) is 1. The Hall–Kier alpha value is -3.18. The van der Waals surface area contributed by atoms with Crippen molar-refractivity contribution >= 4 is 22.6 Å². The number of hydrogen-bond donors (Lipinski definition) is 1. The topological polar surface area (TPSA) is 83.4 Å². The average molecular weight is 558 g/mol. The van der Waals surface area contributed by atoms with Crippen LogP contribution in [-0.2, 0) is 6.42 Å². The molecule has 0 saturated heterocycles. The maximum Gasteiger partial charge on any atom is 0.0991 e. The Morgan fingerprint density at radius 2 is 1.41 bits per heavy atom. The van der Waals surface area contributed by atoms with Crippen LogP contribution in [0.3, 0.4) is 0 Å². The fourth-order valence-electron chi connectivity index (χ4n) is 4.25. The second-order valence-electron chi connectivity index (χ2n) is 9.13. The van der Waals surface area contributed by atoms with Crippen molar-refractivity contribution in [2.75, 3.05) is 0 Å². The molecule has 1 unspecified atom stereocenters. The fraction of sp³-hybridized carbons (Fsp3) is 0.276. The lowest BCUT2D eigenvalue weighted by Gasteiger charge is -2.36. The Morgan fingerprint density at radius 3 is 1.97 bits per heavy atom.